The highest BCUT2D eigenvalue weighted by Gasteiger charge is 2.61. The van der Waals surface area contributed by atoms with E-state index in [4.69, 9.17) is 4.74 Å². The maximum Gasteiger partial charge on any atom is 0.0597 e. The summed E-state index contributed by atoms with van der Waals surface area (Å²) < 4.78 is 6.48. The van der Waals surface area contributed by atoms with E-state index < -0.39 is 0 Å². The van der Waals surface area contributed by atoms with Gasteiger partial charge in [-0.05, 0) is 118 Å². The largest absolute Gasteiger partial charge is 0.393 e. The van der Waals surface area contributed by atoms with Gasteiger partial charge >= 0.3 is 0 Å². The van der Waals surface area contributed by atoms with Crippen molar-refractivity contribution in [3.05, 3.63) is 0 Å². The molecule has 4 heteroatoms. The standard InChI is InChI=1S/C27H46N2O2/c1-26-10-8-20(31-15-14-29-12-4-5-13-29)17-24(26)19(18-28-3)16-21-22-6-7-25(30)27(22,2)11-9-23(21)26/h18-25,30H,4-17H2,1-3H3. The van der Waals surface area contributed by atoms with E-state index in [1.54, 1.807) is 0 Å². The van der Waals surface area contributed by atoms with E-state index >= 15 is 0 Å². The van der Waals surface area contributed by atoms with Crippen LogP contribution in [-0.4, -0.2) is 61.7 Å². The first kappa shape index (κ1) is 22.3. The van der Waals surface area contributed by atoms with Gasteiger partial charge in [-0.2, -0.15) is 0 Å². The van der Waals surface area contributed by atoms with Gasteiger partial charge in [-0.3, -0.25) is 0 Å². The fraction of sp³-hybridized carbons (Fsp3) is 0.963. The minimum atomic E-state index is -0.0815. The smallest absolute Gasteiger partial charge is 0.0597 e. The van der Waals surface area contributed by atoms with Crippen LogP contribution in [0.5, 0.6) is 0 Å². The van der Waals surface area contributed by atoms with Crippen LogP contribution in [0.15, 0.2) is 4.99 Å². The summed E-state index contributed by atoms with van der Waals surface area (Å²) in [4.78, 5) is 7.12. The first-order valence-corrected chi connectivity index (χ1v) is 13.4. The normalized spacial score (nSPS) is 50.4. The molecule has 0 aromatic rings. The SMILES string of the molecule is CN=CC1CC2C3CCC(O)C3(C)CCC2C2(C)CCC(OCCN3CCCC3)CC12. The van der Waals surface area contributed by atoms with E-state index in [1.165, 1.54) is 70.9 Å². The molecule has 4 nitrogen and oxygen atoms in total. The number of aliphatic imine (C=N–C) groups is 1. The molecule has 1 N–H and O–H groups in total. The van der Waals surface area contributed by atoms with Crippen LogP contribution >= 0.6 is 0 Å². The topological polar surface area (TPSA) is 45.1 Å². The van der Waals surface area contributed by atoms with Gasteiger partial charge in [-0.25, -0.2) is 0 Å². The van der Waals surface area contributed by atoms with E-state index in [0.717, 1.165) is 31.4 Å². The molecule has 1 saturated heterocycles. The Morgan fingerprint density at radius 1 is 0.968 bits per heavy atom. The Bertz CT molecular complexity index is 662. The number of hydrogen-bond acceptors (Lipinski definition) is 4. The summed E-state index contributed by atoms with van der Waals surface area (Å²) in [7, 11) is 1.96. The van der Waals surface area contributed by atoms with Crippen LogP contribution in [0.4, 0.5) is 0 Å². The number of fused-ring (bicyclic) bond motifs is 5. The Hall–Kier alpha value is -0.450. The monoisotopic (exact) mass is 430 g/mol. The van der Waals surface area contributed by atoms with E-state index in [1.807, 2.05) is 7.05 Å². The first-order chi connectivity index (χ1) is 15.0. The molecule has 0 aromatic carbocycles. The minimum absolute atomic E-state index is 0.0815. The third kappa shape index (κ3) is 3.83. The highest BCUT2D eigenvalue weighted by Crippen LogP contribution is 2.67. The van der Waals surface area contributed by atoms with Gasteiger partial charge in [-0.15, -0.1) is 0 Å². The zero-order valence-corrected chi connectivity index (χ0v) is 20.3. The van der Waals surface area contributed by atoms with Gasteiger partial charge in [0.05, 0.1) is 18.8 Å². The average Bonchev–Trinajstić information content (AvgIpc) is 3.37. The fourth-order valence-corrected chi connectivity index (χ4v) is 9.20. The zero-order valence-electron chi connectivity index (χ0n) is 20.3. The molecule has 1 heterocycles. The Morgan fingerprint density at radius 3 is 2.48 bits per heavy atom. The van der Waals surface area contributed by atoms with Crippen molar-refractivity contribution in [1.29, 1.82) is 0 Å². The Balaban J connectivity index is 1.29. The summed E-state index contributed by atoms with van der Waals surface area (Å²) in [5, 5.41) is 10.8. The number of rotatable bonds is 5. The molecule has 0 amide bonds. The van der Waals surface area contributed by atoms with Crippen molar-refractivity contribution < 1.29 is 9.84 Å². The van der Waals surface area contributed by atoms with Gasteiger partial charge in [-0.1, -0.05) is 13.8 Å². The zero-order chi connectivity index (χ0) is 21.6. The molecule has 4 saturated carbocycles. The summed E-state index contributed by atoms with van der Waals surface area (Å²) in [5.41, 5.74) is 0.576. The predicted molar refractivity (Wildman–Crippen MR) is 126 cm³/mol. The molecule has 1 aliphatic heterocycles. The van der Waals surface area contributed by atoms with Crippen molar-refractivity contribution in [1.82, 2.24) is 4.90 Å². The number of ether oxygens (including phenoxy) is 1. The lowest BCUT2D eigenvalue weighted by Crippen LogP contribution is -2.57. The molecule has 5 aliphatic rings. The van der Waals surface area contributed by atoms with Gasteiger partial charge in [0.2, 0.25) is 0 Å². The molecular weight excluding hydrogens is 384 g/mol. The van der Waals surface area contributed by atoms with Crippen LogP contribution in [0.2, 0.25) is 0 Å². The molecule has 5 fully saturated rings. The number of likely N-dealkylation sites (tertiary alicyclic amines) is 1. The highest BCUT2D eigenvalue weighted by atomic mass is 16.5. The van der Waals surface area contributed by atoms with Gasteiger partial charge in [0.15, 0.2) is 0 Å². The van der Waals surface area contributed by atoms with Gasteiger partial charge in [0.1, 0.15) is 0 Å². The van der Waals surface area contributed by atoms with Crippen molar-refractivity contribution in [2.24, 2.45) is 45.4 Å². The lowest BCUT2D eigenvalue weighted by Gasteiger charge is -2.62. The van der Waals surface area contributed by atoms with Crippen LogP contribution in [0.1, 0.15) is 78.1 Å². The third-order valence-electron chi connectivity index (χ3n) is 11.0. The van der Waals surface area contributed by atoms with E-state index in [0.29, 0.717) is 29.3 Å². The number of hydrogen-bond donors (Lipinski definition) is 1. The molecule has 9 unspecified atom stereocenters. The minimum Gasteiger partial charge on any atom is -0.393 e. The van der Waals surface area contributed by atoms with Crippen molar-refractivity contribution in [3.8, 4) is 0 Å². The van der Waals surface area contributed by atoms with Gasteiger partial charge in [0, 0.05) is 19.8 Å². The lowest BCUT2D eigenvalue weighted by atomic mass is 9.43. The lowest BCUT2D eigenvalue weighted by molar-refractivity contribution is -0.150. The highest BCUT2D eigenvalue weighted by molar-refractivity contribution is 5.61. The number of aliphatic hydroxyl groups excluding tert-OH is 1. The number of nitrogens with zero attached hydrogens (tertiary/aromatic N) is 2. The summed E-state index contributed by atoms with van der Waals surface area (Å²) in [6, 6.07) is 0. The summed E-state index contributed by atoms with van der Waals surface area (Å²) >= 11 is 0. The molecule has 0 aromatic heterocycles. The van der Waals surface area contributed by atoms with Crippen LogP contribution in [0, 0.1) is 40.4 Å². The van der Waals surface area contributed by atoms with Crippen LogP contribution < -0.4 is 0 Å². The summed E-state index contributed by atoms with van der Waals surface area (Å²) in [5.74, 6) is 3.60. The van der Waals surface area contributed by atoms with E-state index in [-0.39, 0.29) is 11.5 Å². The second-order valence-electron chi connectivity index (χ2n) is 12.2. The Morgan fingerprint density at radius 2 is 1.71 bits per heavy atom. The van der Waals surface area contributed by atoms with E-state index in [9.17, 15) is 5.11 Å². The molecule has 176 valence electrons. The summed E-state index contributed by atoms with van der Waals surface area (Å²) in [6.45, 7) is 9.58. The molecule has 0 bridgehead atoms. The number of aliphatic hydroxyl groups is 1. The van der Waals surface area contributed by atoms with Gasteiger partial charge < -0.3 is 19.7 Å². The first-order valence-electron chi connectivity index (χ1n) is 13.4. The van der Waals surface area contributed by atoms with Crippen molar-refractivity contribution in [3.63, 3.8) is 0 Å². The van der Waals surface area contributed by atoms with Crippen molar-refractivity contribution >= 4 is 6.21 Å². The quantitative estimate of drug-likeness (QED) is 0.637. The second kappa shape index (κ2) is 8.72. The molecule has 0 radical (unpaired) electrons. The molecular formula is C27H46N2O2. The predicted octanol–water partition coefficient (Wildman–Crippen LogP) is 4.80. The fourth-order valence-electron chi connectivity index (χ4n) is 9.20. The molecule has 31 heavy (non-hydrogen) atoms. The maximum atomic E-state index is 10.8. The van der Waals surface area contributed by atoms with Crippen molar-refractivity contribution in [2.75, 3.05) is 33.3 Å². The Kier molecular flexibility index (Phi) is 6.29. The molecule has 4 aliphatic carbocycles. The van der Waals surface area contributed by atoms with Crippen molar-refractivity contribution in [2.45, 2.75) is 90.3 Å². The maximum absolute atomic E-state index is 10.8. The molecule has 9 atom stereocenters. The average molecular weight is 431 g/mol. The van der Waals surface area contributed by atoms with Crippen LogP contribution in [-0.2, 0) is 4.74 Å². The van der Waals surface area contributed by atoms with Crippen LogP contribution in [0.25, 0.3) is 0 Å². The van der Waals surface area contributed by atoms with Crippen LogP contribution in [0.3, 0.4) is 0 Å². The molecule has 5 rings (SSSR count). The Labute approximate surface area is 190 Å². The molecule has 0 spiro atoms. The summed E-state index contributed by atoms with van der Waals surface area (Å²) in [6.07, 6.45) is 15.2. The third-order valence-corrected chi connectivity index (χ3v) is 11.0. The van der Waals surface area contributed by atoms with E-state index in [2.05, 4.69) is 30.0 Å². The van der Waals surface area contributed by atoms with Gasteiger partial charge in [0.25, 0.3) is 0 Å². The second-order valence-corrected chi connectivity index (χ2v) is 12.2.